The van der Waals surface area contributed by atoms with Crippen LogP contribution in [0.5, 0.6) is 0 Å². The summed E-state index contributed by atoms with van der Waals surface area (Å²) in [6.45, 7) is 13.8. The van der Waals surface area contributed by atoms with Crippen molar-refractivity contribution in [3.05, 3.63) is 0 Å². The molecule has 1 fully saturated rings. The van der Waals surface area contributed by atoms with Crippen LogP contribution in [0.3, 0.4) is 0 Å². The number of nitrogens with one attached hydrogen (secondary N) is 3. The van der Waals surface area contributed by atoms with Crippen molar-refractivity contribution >= 4 is 23.6 Å². The Morgan fingerprint density at radius 1 is 1.10 bits per heavy atom. The molecule has 4 amide bonds. The van der Waals surface area contributed by atoms with Crippen molar-refractivity contribution in [3.8, 4) is 0 Å². The van der Waals surface area contributed by atoms with Gasteiger partial charge in [-0.3, -0.25) is 35.3 Å². The first kappa shape index (κ1) is 29.0. The third kappa shape index (κ3) is 11.2. The summed E-state index contributed by atoms with van der Waals surface area (Å²) in [5.74, 6) is 3.85. The van der Waals surface area contributed by atoms with E-state index in [0.717, 1.165) is 0 Å². The second-order valence-electron chi connectivity index (χ2n) is 8.72. The van der Waals surface area contributed by atoms with E-state index in [-0.39, 0.29) is 55.4 Å². The summed E-state index contributed by atoms with van der Waals surface area (Å²) in [4.78, 5) is 48.6. The number of likely N-dealkylation sites (tertiary alicyclic amines) is 1. The lowest BCUT2D eigenvalue weighted by atomic mass is 9.99. The predicted octanol–water partition coefficient (Wildman–Crippen LogP) is 1.15. The second kappa shape index (κ2) is 13.4. The lowest BCUT2D eigenvalue weighted by Gasteiger charge is -2.30. The van der Waals surface area contributed by atoms with Crippen molar-refractivity contribution in [2.45, 2.75) is 91.7 Å². The van der Waals surface area contributed by atoms with Gasteiger partial charge in [0.05, 0.1) is 5.60 Å². The van der Waals surface area contributed by atoms with Crippen LogP contribution in [0.4, 0.5) is 0 Å². The lowest BCUT2D eigenvalue weighted by Crippen LogP contribution is -2.46. The van der Waals surface area contributed by atoms with E-state index in [1.54, 1.807) is 6.92 Å². The molecule has 1 aliphatic rings. The molecule has 0 aromatic carbocycles. The average Bonchev–Trinajstić information content (AvgIpc) is 2.91. The third-order valence-corrected chi connectivity index (χ3v) is 4.90. The van der Waals surface area contributed by atoms with Crippen molar-refractivity contribution in [2.24, 2.45) is 11.8 Å². The molecular formula is C21H41N5O5. The monoisotopic (exact) mass is 443 g/mol. The van der Waals surface area contributed by atoms with Gasteiger partial charge in [0.25, 0.3) is 0 Å². The molecule has 10 nitrogen and oxygen atoms in total. The average molecular weight is 444 g/mol. The topological polar surface area (TPSA) is 143 Å². The van der Waals surface area contributed by atoms with E-state index in [1.165, 1.54) is 4.90 Å². The largest absolute Gasteiger partial charge is 0.375 e. The minimum atomic E-state index is -0.514. The number of rotatable bonds is 12. The minimum absolute atomic E-state index is 0.0737. The molecule has 1 unspecified atom stereocenters. The molecule has 5 N–H and O–H groups in total. The Bertz CT molecular complexity index is 621. The summed E-state index contributed by atoms with van der Waals surface area (Å²) in [6.07, 6.45) is 1.64. The van der Waals surface area contributed by atoms with Gasteiger partial charge in [-0.25, -0.2) is 0 Å². The standard InChI is InChI=1S/C19H35N5O5.C2H6/c1-13-12-16(27)24(17(13)28)10-7-14(25)21-18(2,3)9-11-29-19(4,5)8-6-15(26)22-23-20;1-2/h13,23H,6-12,20H2,1-5H3,(H,21,25)(H,22,26);1-2H3. The van der Waals surface area contributed by atoms with E-state index in [4.69, 9.17) is 10.6 Å². The normalized spacial score (nSPS) is 16.6. The van der Waals surface area contributed by atoms with Crippen molar-refractivity contribution in [3.63, 3.8) is 0 Å². The molecule has 1 atom stereocenters. The van der Waals surface area contributed by atoms with Gasteiger partial charge in [0.15, 0.2) is 0 Å². The highest BCUT2D eigenvalue weighted by atomic mass is 16.5. The zero-order valence-electron chi connectivity index (χ0n) is 20.1. The Labute approximate surface area is 185 Å². The summed E-state index contributed by atoms with van der Waals surface area (Å²) in [5.41, 5.74) is 3.38. The third-order valence-electron chi connectivity index (χ3n) is 4.90. The van der Waals surface area contributed by atoms with Crippen molar-refractivity contribution in [1.29, 1.82) is 0 Å². The van der Waals surface area contributed by atoms with Gasteiger partial charge in [0, 0.05) is 43.9 Å². The molecule has 180 valence electrons. The number of nitrogens with two attached hydrogens (primary N) is 1. The van der Waals surface area contributed by atoms with Gasteiger partial charge in [-0.1, -0.05) is 20.8 Å². The van der Waals surface area contributed by atoms with Gasteiger partial charge in [0.2, 0.25) is 23.6 Å². The Morgan fingerprint density at radius 3 is 2.23 bits per heavy atom. The van der Waals surface area contributed by atoms with E-state index in [0.29, 0.717) is 19.4 Å². The number of hydrogen-bond acceptors (Lipinski definition) is 7. The Hall–Kier alpha value is -2.04. The lowest BCUT2D eigenvalue weighted by molar-refractivity contribution is -0.139. The molecule has 0 spiro atoms. The van der Waals surface area contributed by atoms with Crippen LogP contribution in [0.25, 0.3) is 0 Å². The van der Waals surface area contributed by atoms with Gasteiger partial charge in [-0.2, -0.15) is 5.53 Å². The van der Waals surface area contributed by atoms with E-state index in [9.17, 15) is 19.2 Å². The number of carbonyl (C=O) groups is 4. The van der Waals surface area contributed by atoms with Gasteiger partial charge in [-0.15, -0.1) is 0 Å². The van der Waals surface area contributed by atoms with Crippen molar-refractivity contribution < 1.29 is 23.9 Å². The van der Waals surface area contributed by atoms with E-state index in [1.807, 2.05) is 41.5 Å². The molecule has 0 saturated carbocycles. The van der Waals surface area contributed by atoms with Crippen LogP contribution in [0.15, 0.2) is 0 Å². The number of nitrogens with zero attached hydrogens (tertiary/aromatic N) is 1. The molecule has 31 heavy (non-hydrogen) atoms. The molecule has 0 radical (unpaired) electrons. The molecule has 1 rings (SSSR count). The Balaban J connectivity index is 0.00000436. The Morgan fingerprint density at radius 2 is 1.71 bits per heavy atom. The van der Waals surface area contributed by atoms with Crippen LogP contribution in [0, 0.1) is 5.92 Å². The molecule has 1 aliphatic heterocycles. The quantitative estimate of drug-likeness (QED) is 0.201. The summed E-state index contributed by atoms with van der Waals surface area (Å²) >= 11 is 0. The van der Waals surface area contributed by atoms with Gasteiger partial charge >= 0.3 is 0 Å². The fourth-order valence-electron chi connectivity index (χ4n) is 3.01. The predicted molar refractivity (Wildman–Crippen MR) is 118 cm³/mol. The number of carbonyl (C=O) groups excluding carboxylic acids is 4. The minimum Gasteiger partial charge on any atom is -0.375 e. The summed E-state index contributed by atoms with van der Waals surface area (Å²) in [7, 11) is 0. The highest BCUT2D eigenvalue weighted by molar-refractivity contribution is 6.03. The first-order valence-corrected chi connectivity index (χ1v) is 10.9. The van der Waals surface area contributed by atoms with Crippen LogP contribution in [0.2, 0.25) is 0 Å². The maximum Gasteiger partial charge on any atom is 0.235 e. The molecule has 0 aromatic heterocycles. The highest BCUT2D eigenvalue weighted by Gasteiger charge is 2.35. The first-order valence-electron chi connectivity index (χ1n) is 10.9. The maximum absolute atomic E-state index is 12.2. The SMILES string of the molecule is CC.CC1CC(=O)N(CCC(=O)NC(C)(C)CCOC(C)(C)CCC(=O)NNN)C1=O. The van der Waals surface area contributed by atoms with Crippen LogP contribution < -0.4 is 22.1 Å². The summed E-state index contributed by atoms with van der Waals surface area (Å²) in [6, 6.07) is 0. The first-order chi connectivity index (χ1) is 14.4. The van der Waals surface area contributed by atoms with Gasteiger partial charge in [0.1, 0.15) is 0 Å². The molecule has 0 bridgehead atoms. The number of amides is 4. The van der Waals surface area contributed by atoms with Crippen LogP contribution >= 0.6 is 0 Å². The smallest absolute Gasteiger partial charge is 0.235 e. The van der Waals surface area contributed by atoms with Crippen LogP contribution in [-0.2, 0) is 23.9 Å². The Kier molecular flexibility index (Phi) is 12.5. The molecule has 0 aliphatic carbocycles. The van der Waals surface area contributed by atoms with Gasteiger partial charge in [-0.05, 0) is 40.5 Å². The number of imide groups is 1. The molecular weight excluding hydrogens is 402 g/mol. The molecule has 10 heteroatoms. The number of hydrazine groups is 2. The highest BCUT2D eigenvalue weighted by Crippen LogP contribution is 2.20. The van der Waals surface area contributed by atoms with Crippen LogP contribution in [0.1, 0.15) is 80.6 Å². The fraction of sp³-hybridized carbons (Fsp3) is 0.810. The van der Waals surface area contributed by atoms with Crippen LogP contribution in [-0.4, -0.2) is 52.8 Å². The molecule has 1 saturated heterocycles. The van der Waals surface area contributed by atoms with Crippen molar-refractivity contribution in [2.75, 3.05) is 13.2 Å². The molecule has 1 heterocycles. The van der Waals surface area contributed by atoms with Gasteiger partial charge < -0.3 is 10.1 Å². The molecule has 0 aromatic rings. The zero-order chi connectivity index (χ0) is 24.2. The van der Waals surface area contributed by atoms with E-state index < -0.39 is 11.1 Å². The van der Waals surface area contributed by atoms with E-state index >= 15 is 0 Å². The summed E-state index contributed by atoms with van der Waals surface area (Å²) < 4.78 is 5.88. The number of ether oxygens (including phenoxy) is 1. The maximum atomic E-state index is 12.2. The van der Waals surface area contributed by atoms with Crippen molar-refractivity contribution in [1.82, 2.24) is 21.2 Å². The number of hydrogen-bond donors (Lipinski definition) is 4. The second-order valence-corrected chi connectivity index (χ2v) is 8.72. The van der Waals surface area contributed by atoms with E-state index in [2.05, 4.69) is 16.3 Å². The summed E-state index contributed by atoms with van der Waals surface area (Å²) in [5, 5.41) is 2.92. The zero-order valence-corrected chi connectivity index (χ0v) is 20.1. The fourth-order valence-corrected chi connectivity index (χ4v) is 3.01.